The van der Waals surface area contributed by atoms with Gasteiger partial charge in [0, 0.05) is 50.0 Å². The van der Waals surface area contributed by atoms with Crippen molar-refractivity contribution in [2.45, 2.75) is 25.8 Å². The maximum absolute atomic E-state index is 13.5. The number of carbonyl (C=O) groups is 3. The van der Waals surface area contributed by atoms with Crippen LogP contribution in [0.1, 0.15) is 45.5 Å². The Morgan fingerprint density at radius 2 is 1.64 bits per heavy atom. The van der Waals surface area contributed by atoms with E-state index in [9.17, 15) is 18.8 Å². The second-order valence-electron chi connectivity index (χ2n) is 9.92. The Balaban J connectivity index is 1.37. The molecule has 2 fully saturated rings. The number of carbonyl (C=O) groups excluding carboxylic acids is 3. The van der Waals surface area contributed by atoms with Crippen molar-refractivity contribution in [3.8, 4) is 0 Å². The summed E-state index contributed by atoms with van der Waals surface area (Å²) >= 11 is 6.19. The zero-order valence-corrected chi connectivity index (χ0v) is 22.2. The topological polar surface area (TPSA) is 81.8 Å². The van der Waals surface area contributed by atoms with Crippen LogP contribution in [0.4, 0.5) is 15.8 Å². The number of amides is 3. The van der Waals surface area contributed by atoms with Gasteiger partial charge in [0.2, 0.25) is 5.91 Å². The predicted octanol–water partition coefficient (Wildman–Crippen LogP) is 5.11. The fraction of sp³-hybridized carbons (Fsp3) is 0.300. The number of anilines is 2. The molecule has 39 heavy (non-hydrogen) atoms. The molecule has 7 nitrogen and oxygen atoms in total. The van der Waals surface area contributed by atoms with Crippen molar-refractivity contribution in [2.75, 3.05) is 36.4 Å². The Labute approximate surface area is 231 Å². The van der Waals surface area contributed by atoms with E-state index in [0.29, 0.717) is 48.0 Å². The number of hydrogen-bond acceptors (Lipinski definition) is 4. The van der Waals surface area contributed by atoms with Crippen LogP contribution in [-0.4, -0.2) is 48.8 Å². The Hall–Kier alpha value is -3.91. The molecule has 1 saturated heterocycles. The van der Waals surface area contributed by atoms with Crippen LogP contribution in [0.3, 0.4) is 0 Å². The van der Waals surface area contributed by atoms with E-state index in [-0.39, 0.29) is 36.0 Å². The molecule has 1 aliphatic carbocycles. The molecule has 5 rings (SSSR count). The smallest absolute Gasteiger partial charge is 0.257 e. The van der Waals surface area contributed by atoms with Gasteiger partial charge >= 0.3 is 0 Å². The summed E-state index contributed by atoms with van der Waals surface area (Å²) in [6.45, 7) is 2.80. The molecule has 2 aliphatic rings. The van der Waals surface area contributed by atoms with Crippen LogP contribution in [0.2, 0.25) is 5.02 Å². The molecule has 0 unspecified atom stereocenters. The maximum Gasteiger partial charge on any atom is 0.257 e. The fourth-order valence-electron chi connectivity index (χ4n) is 4.76. The monoisotopic (exact) mass is 548 g/mol. The van der Waals surface area contributed by atoms with E-state index in [0.717, 1.165) is 30.5 Å². The zero-order valence-electron chi connectivity index (χ0n) is 21.5. The van der Waals surface area contributed by atoms with Gasteiger partial charge in [-0.15, -0.1) is 0 Å². The third-order valence-electron chi connectivity index (χ3n) is 7.06. The molecule has 0 aromatic heterocycles. The summed E-state index contributed by atoms with van der Waals surface area (Å²) in [6.07, 6.45) is 2.73. The molecule has 2 N–H and O–H groups in total. The molecule has 3 aromatic rings. The van der Waals surface area contributed by atoms with E-state index in [4.69, 9.17) is 11.6 Å². The summed E-state index contributed by atoms with van der Waals surface area (Å²) in [5, 5.41) is 6.09. The van der Waals surface area contributed by atoms with Crippen molar-refractivity contribution in [1.29, 1.82) is 0 Å². The van der Waals surface area contributed by atoms with Crippen LogP contribution < -0.4 is 15.5 Å². The minimum atomic E-state index is -0.380. The highest BCUT2D eigenvalue weighted by Crippen LogP contribution is 2.32. The maximum atomic E-state index is 13.5. The largest absolute Gasteiger partial charge is 0.369 e. The predicted molar refractivity (Wildman–Crippen MR) is 150 cm³/mol. The number of benzene rings is 3. The molecule has 202 valence electrons. The highest BCUT2D eigenvalue weighted by atomic mass is 35.5. The Bertz CT molecular complexity index is 1380. The first-order valence-corrected chi connectivity index (χ1v) is 13.5. The highest BCUT2D eigenvalue weighted by Gasteiger charge is 2.34. The minimum absolute atomic E-state index is 0.172. The van der Waals surface area contributed by atoms with Gasteiger partial charge in [0.1, 0.15) is 5.82 Å². The molecule has 0 spiro atoms. The molecule has 0 atom stereocenters. The van der Waals surface area contributed by atoms with Gasteiger partial charge in [-0.2, -0.15) is 0 Å². The molecule has 1 saturated carbocycles. The van der Waals surface area contributed by atoms with Crippen LogP contribution >= 0.6 is 11.6 Å². The van der Waals surface area contributed by atoms with Gasteiger partial charge in [0.15, 0.2) is 0 Å². The molecule has 0 radical (unpaired) electrons. The van der Waals surface area contributed by atoms with Crippen molar-refractivity contribution < 1.29 is 18.8 Å². The molecule has 9 heteroatoms. The van der Waals surface area contributed by atoms with Crippen molar-refractivity contribution in [3.05, 3.63) is 94.3 Å². The van der Waals surface area contributed by atoms with Crippen molar-refractivity contribution in [2.24, 2.45) is 5.92 Å². The van der Waals surface area contributed by atoms with E-state index in [2.05, 4.69) is 15.5 Å². The lowest BCUT2D eigenvalue weighted by Crippen LogP contribution is -2.36. The van der Waals surface area contributed by atoms with E-state index in [1.807, 2.05) is 11.0 Å². The number of halogens is 2. The summed E-state index contributed by atoms with van der Waals surface area (Å²) in [5.74, 6) is -0.643. The molecule has 0 bridgehead atoms. The average molecular weight is 549 g/mol. The number of hydrogen-bond donors (Lipinski definition) is 2. The second kappa shape index (κ2) is 11.9. The molecule has 3 amide bonds. The lowest BCUT2D eigenvalue weighted by atomic mass is 10.1. The van der Waals surface area contributed by atoms with E-state index >= 15 is 0 Å². The first-order chi connectivity index (χ1) is 18.9. The van der Waals surface area contributed by atoms with E-state index in [1.54, 1.807) is 48.5 Å². The summed E-state index contributed by atoms with van der Waals surface area (Å²) in [6, 6.07) is 17.9. The van der Waals surface area contributed by atoms with Crippen molar-refractivity contribution in [1.82, 2.24) is 10.2 Å². The Morgan fingerprint density at radius 3 is 2.38 bits per heavy atom. The fourth-order valence-corrected chi connectivity index (χ4v) is 4.98. The normalized spacial score (nSPS) is 15.4. The van der Waals surface area contributed by atoms with Gasteiger partial charge in [-0.3, -0.25) is 14.4 Å². The average Bonchev–Trinajstić information content (AvgIpc) is 3.80. The van der Waals surface area contributed by atoms with Gasteiger partial charge in [-0.05, 0) is 67.3 Å². The number of nitrogens with one attached hydrogen (secondary N) is 2. The number of nitrogens with zero attached hydrogens (tertiary/aromatic N) is 2. The summed E-state index contributed by atoms with van der Waals surface area (Å²) in [5.41, 5.74) is 2.67. The van der Waals surface area contributed by atoms with Crippen LogP contribution in [0.15, 0.2) is 66.7 Å². The van der Waals surface area contributed by atoms with Crippen molar-refractivity contribution >= 4 is 40.7 Å². The summed E-state index contributed by atoms with van der Waals surface area (Å²) in [4.78, 5) is 43.0. The first kappa shape index (κ1) is 26.7. The lowest BCUT2D eigenvalue weighted by Gasteiger charge is -2.26. The summed E-state index contributed by atoms with van der Waals surface area (Å²) in [7, 11) is 0. The first-order valence-electron chi connectivity index (χ1n) is 13.2. The Morgan fingerprint density at radius 1 is 0.872 bits per heavy atom. The minimum Gasteiger partial charge on any atom is -0.369 e. The van der Waals surface area contributed by atoms with Crippen LogP contribution in [0.5, 0.6) is 0 Å². The quantitative estimate of drug-likeness (QED) is 0.430. The Kier molecular flexibility index (Phi) is 8.12. The van der Waals surface area contributed by atoms with E-state index in [1.165, 1.54) is 12.1 Å². The van der Waals surface area contributed by atoms with Gasteiger partial charge in [0.05, 0.1) is 16.1 Å². The van der Waals surface area contributed by atoms with Gasteiger partial charge < -0.3 is 20.4 Å². The third kappa shape index (κ3) is 6.57. The van der Waals surface area contributed by atoms with Crippen LogP contribution in [-0.2, 0) is 11.3 Å². The molecule has 3 aromatic carbocycles. The molecule has 1 aliphatic heterocycles. The number of rotatable bonds is 7. The third-order valence-corrected chi connectivity index (χ3v) is 7.39. The SMILES string of the molecule is O=C(Nc1ccc(N2CCCN(C(=O)C3CC3)CC2)c(C(=O)NCc2ccc(F)cc2)c1)c1ccccc1Cl. The highest BCUT2D eigenvalue weighted by molar-refractivity contribution is 6.34. The second-order valence-corrected chi connectivity index (χ2v) is 10.3. The molecular formula is C30H30ClFN4O3. The lowest BCUT2D eigenvalue weighted by molar-refractivity contribution is -0.132. The van der Waals surface area contributed by atoms with Gasteiger partial charge in [-0.25, -0.2) is 4.39 Å². The molecular weight excluding hydrogens is 519 g/mol. The van der Waals surface area contributed by atoms with Crippen LogP contribution in [0.25, 0.3) is 0 Å². The molecule has 1 heterocycles. The van der Waals surface area contributed by atoms with Crippen LogP contribution in [0, 0.1) is 11.7 Å². The van der Waals surface area contributed by atoms with E-state index < -0.39 is 0 Å². The summed E-state index contributed by atoms with van der Waals surface area (Å²) < 4.78 is 13.3. The van der Waals surface area contributed by atoms with Gasteiger partial charge in [0.25, 0.3) is 11.8 Å². The van der Waals surface area contributed by atoms with Crippen molar-refractivity contribution in [3.63, 3.8) is 0 Å². The van der Waals surface area contributed by atoms with Gasteiger partial charge in [-0.1, -0.05) is 35.9 Å². The standard InChI is InChI=1S/C30H30ClFN4O3/c31-26-5-2-1-4-24(26)29(38)34-23-12-13-27(35-14-3-15-36(17-16-35)30(39)21-8-9-21)25(18-23)28(37)33-19-20-6-10-22(32)11-7-20/h1-2,4-7,10-13,18,21H,3,8-9,14-17,19H2,(H,33,37)(H,34,38). The zero-order chi connectivity index (χ0) is 27.4.